The number of nitrogens with zero attached hydrogens (tertiary/aromatic N) is 4. The van der Waals surface area contributed by atoms with Gasteiger partial charge < -0.3 is 10.5 Å². The topological polar surface area (TPSA) is 139 Å². The fraction of sp³-hybridized carbons (Fsp3) is 0.200. The van der Waals surface area contributed by atoms with Crippen LogP contribution in [-0.2, 0) is 21.2 Å². The van der Waals surface area contributed by atoms with Gasteiger partial charge in [0, 0.05) is 18.4 Å². The smallest absolute Gasteiger partial charge is 0.418 e. The molecular weight excluding hydrogens is 517 g/mol. The van der Waals surface area contributed by atoms with E-state index in [1.54, 1.807) is 0 Å². The highest BCUT2D eigenvalue weighted by Gasteiger charge is 2.42. The molecule has 0 aliphatic carbocycles. The highest BCUT2D eigenvalue weighted by molar-refractivity contribution is 7.90. The molecule has 0 spiro atoms. The highest BCUT2D eigenvalue weighted by Crippen LogP contribution is 2.31. The first kappa shape index (κ1) is 26.7. The van der Waals surface area contributed by atoms with Crippen LogP contribution in [-0.4, -0.2) is 53.2 Å². The van der Waals surface area contributed by atoms with Crippen LogP contribution in [0.2, 0.25) is 0 Å². The Kier molecular flexibility index (Phi) is 7.40. The Hall–Kier alpha value is -3.92. The monoisotopic (exact) mass is 533 g/mol. The van der Waals surface area contributed by atoms with Gasteiger partial charge in [0.15, 0.2) is 15.6 Å². The summed E-state index contributed by atoms with van der Waals surface area (Å²) in [6.07, 6.45) is -6.53. The van der Waals surface area contributed by atoms with E-state index >= 15 is 0 Å². The van der Waals surface area contributed by atoms with Crippen LogP contribution in [0.15, 0.2) is 63.8 Å². The molecule has 192 valence electrons. The van der Waals surface area contributed by atoms with E-state index in [2.05, 4.69) is 15.2 Å². The van der Waals surface area contributed by atoms with Crippen LogP contribution in [0.1, 0.15) is 0 Å². The number of alkyl halides is 3. The average molecular weight is 533 g/mol. The molecule has 0 aliphatic rings. The van der Waals surface area contributed by atoms with Gasteiger partial charge in [-0.25, -0.2) is 18.0 Å². The lowest BCUT2D eigenvalue weighted by molar-refractivity contribution is -0.189. The van der Waals surface area contributed by atoms with E-state index in [9.17, 15) is 40.0 Å². The summed E-state index contributed by atoms with van der Waals surface area (Å²) in [5, 5.41) is 6.89. The second-order valence-electron chi connectivity index (χ2n) is 7.27. The molecule has 0 atom stereocenters. The summed E-state index contributed by atoms with van der Waals surface area (Å²) in [7, 11) is -3.51. The summed E-state index contributed by atoms with van der Waals surface area (Å²) < 4.78 is 93.1. The number of hydrogen-bond donors (Lipinski definition) is 1. The Morgan fingerprint density at radius 3 is 2.19 bits per heavy atom. The number of hydrogen-bond acceptors (Lipinski definition) is 8. The van der Waals surface area contributed by atoms with E-state index in [-0.39, 0.29) is 10.5 Å². The summed E-state index contributed by atoms with van der Waals surface area (Å²) in [5.41, 5.74) is 3.54. The van der Waals surface area contributed by atoms with Crippen molar-refractivity contribution < 1.29 is 39.9 Å². The molecule has 0 aliphatic heterocycles. The number of tetrazole rings is 1. The first-order chi connectivity index (χ1) is 16.7. The van der Waals surface area contributed by atoms with Crippen molar-refractivity contribution in [2.45, 2.75) is 17.6 Å². The zero-order valence-corrected chi connectivity index (χ0v) is 19.0. The maximum Gasteiger partial charge on any atom is 0.491 e. The molecule has 3 rings (SSSR count). The van der Waals surface area contributed by atoms with Crippen LogP contribution < -0.4 is 16.2 Å². The molecule has 16 heteroatoms. The third-order valence-electron chi connectivity index (χ3n) is 4.73. The molecule has 36 heavy (non-hydrogen) atoms. The molecule has 1 aromatic heterocycles. The summed E-state index contributed by atoms with van der Waals surface area (Å²) in [4.78, 5) is 24.2. The van der Waals surface area contributed by atoms with Crippen molar-refractivity contribution in [2.24, 2.45) is 5.73 Å². The number of esters is 1. The number of halogens is 5. The lowest BCUT2D eigenvalue weighted by Crippen LogP contribution is -2.30. The molecule has 2 N–H and O–H groups in total. The van der Waals surface area contributed by atoms with E-state index in [1.807, 2.05) is 0 Å². The third kappa shape index (κ3) is 5.83. The lowest BCUT2D eigenvalue weighted by atomic mass is 10.0. The van der Waals surface area contributed by atoms with Gasteiger partial charge in [-0.3, -0.25) is 0 Å². The van der Waals surface area contributed by atoms with E-state index in [1.165, 1.54) is 30.3 Å². The fourth-order valence-corrected chi connectivity index (χ4v) is 3.54. The lowest BCUT2D eigenvalue weighted by Gasteiger charge is -2.13. The maximum atomic E-state index is 12.9. The summed E-state index contributed by atoms with van der Waals surface area (Å²) >= 11 is 0. The van der Waals surface area contributed by atoms with E-state index in [4.69, 9.17) is 5.73 Å². The first-order valence-corrected chi connectivity index (χ1v) is 11.6. The molecule has 0 saturated carbocycles. The van der Waals surface area contributed by atoms with Crippen LogP contribution in [0.5, 0.6) is 5.75 Å². The molecule has 10 nitrogen and oxygen atoms in total. The number of benzene rings is 2. The predicted molar refractivity (Wildman–Crippen MR) is 114 cm³/mol. The van der Waals surface area contributed by atoms with Crippen molar-refractivity contribution in [1.29, 1.82) is 0 Å². The normalized spacial score (nSPS) is 11.9. The van der Waals surface area contributed by atoms with Crippen molar-refractivity contribution >= 4 is 15.8 Å². The average Bonchev–Trinajstić information content (AvgIpc) is 3.15. The van der Waals surface area contributed by atoms with Gasteiger partial charge in [-0.05, 0) is 45.8 Å². The Bertz CT molecular complexity index is 1490. The van der Waals surface area contributed by atoms with Crippen LogP contribution in [0, 0.1) is 0 Å². The number of carbonyl (C=O) groups is 1. The molecule has 0 saturated heterocycles. The zero-order chi connectivity index (χ0) is 26.8. The minimum Gasteiger partial charge on any atom is -0.418 e. The van der Waals surface area contributed by atoms with Gasteiger partial charge in [0.25, 0.3) is 6.08 Å². The molecule has 0 bridgehead atoms. The second kappa shape index (κ2) is 9.98. The largest absolute Gasteiger partial charge is 0.491 e. The number of rotatable bonds is 7. The second-order valence-corrected chi connectivity index (χ2v) is 9.28. The predicted octanol–water partition coefficient (Wildman–Crippen LogP) is 2.08. The summed E-state index contributed by atoms with van der Waals surface area (Å²) in [6.45, 7) is -1.33. The van der Waals surface area contributed by atoms with Gasteiger partial charge in [-0.2, -0.15) is 31.3 Å². The number of sulfone groups is 1. The third-order valence-corrected chi connectivity index (χ3v) is 5.86. The number of carbonyl (C=O) groups excluding carboxylic acids is 1. The van der Waals surface area contributed by atoms with Crippen LogP contribution in [0.4, 0.5) is 22.0 Å². The van der Waals surface area contributed by atoms with Gasteiger partial charge in [0.1, 0.15) is 5.69 Å². The molecule has 0 fully saturated rings. The van der Waals surface area contributed by atoms with Gasteiger partial charge in [-0.1, -0.05) is 18.2 Å². The van der Waals surface area contributed by atoms with Crippen LogP contribution >= 0.6 is 0 Å². The molecule has 3 aromatic rings. The van der Waals surface area contributed by atoms with Crippen molar-refractivity contribution in [1.82, 2.24) is 19.8 Å². The molecule has 1 heterocycles. The van der Waals surface area contributed by atoms with E-state index in [0.29, 0.717) is 14.9 Å². The van der Waals surface area contributed by atoms with E-state index < -0.39 is 63.9 Å². The summed E-state index contributed by atoms with van der Waals surface area (Å²) in [5.74, 6) is -3.34. The Balaban J connectivity index is 2.10. The van der Waals surface area contributed by atoms with E-state index in [0.717, 1.165) is 18.4 Å². The van der Waals surface area contributed by atoms with Crippen molar-refractivity contribution in [3.05, 3.63) is 64.6 Å². The maximum absolute atomic E-state index is 12.9. The number of aromatic nitrogens is 4. The first-order valence-electron chi connectivity index (χ1n) is 9.72. The molecule has 0 radical (unpaired) electrons. The van der Waals surface area contributed by atoms with Gasteiger partial charge in [0.05, 0.1) is 11.4 Å². The van der Waals surface area contributed by atoms with Crippen molar-refractivity contribution in [3.63, 3.8) is 0 Å². The molecule has 0 unspecified atom stereocenters. The summed E-state index contributed by atoms with van der Waals surface area (Å²) in [6, 6.07) is 8.69. The zero-order valence-electron chi connectivity index (χ0n) is 18.2. The molecule has 0 amide bonds. The SMILES string of the molecule is CS(=O)(=O)c1ccc(-c2ccc(-n3nnn(CC(CN)=C(F)F)c3=O)c(OC(=O)C(F)(F)F)c2)cc1. The standard InChI is InChI=1S/C20H16F5N5O5S/c1-36(33,34)14-5-2-11(3-6-14)12-4-7-15(16(8-12)35-18(31)20(23,24)25)30-19(32)29(27-28-30)10-13(9-26)17(21)22/h2-8H,9-10,26H2,1H3. The minimum atomic E-state index is -5.38. The van der Waals surface area contributed by atoms with Gasteiger partial charge >= 0.3 is 17.8 Å². The van der Waals surface area contributed by atoms with Gasteiger partial charge in [0.2, 0.25) is 0 Å². The number of nitrogens with two attached hydrogens (primary N) is 1. The van der Waals surface area contributed by atoms with Crippen LogP contribution in [0.25, 0.3) is 16.8 Å². The minimum absolute atomic E-state index is 0.00891. The number of ether oxygens (including phenoxy) is 1. The van der Waals surface area contributed by atoms with Gasteiger partial charge in [-0.15, -0.1) is 0 Å². The fourth-order valence-electron chi connectivity index (χ4n) is 2.91. The van der Waals surface area contributed by atoms with Crippen molar-refractivity contribution in [2.75, 3.05) is 12.8 Å². The molecular formula is C20H16F5N5O5S. The quantitative estimate of drug-likeness (QED) is 0.277. The molecule has 2 aromatic carbocycles. The van der Waals surface area contributed by atoms with Crippen molar-refractivity contribution in [3.8, 4) is 22.6 Å². The Morgan fingerprint density at radius 2 is 1.67 bits per heavy atom. The Labute approximate surface area is 199 Å². The highest BCUT2D eigenvalue weighted by atomic mass is 32.2. The Morgan fingerprint density at radius 1 is 1.06 bits per heavy atom. The van der Waals surface area contributed by atoms with Crippen LogP contribution in [0.3, 0.4) is 0 Å².